The third kappa shape index (κ3) is 5.00. The predicted molar refractivity (Wildman–Crippen MR) is 131 cm³/mol. The Morgan fingerprint density at radius 1 is 0.972 bits per heavy atom. The van der Waals surface area contributed by atoms with Gasteiger partial charge in [-0.2, -0.15) is 13.2 Å². The molecule has 2 amide bonds. The van der Waals surface area contributed by atoms with Crippen LogP contribution in [0.4, 0.5) is 23.7 Å². The standard InChI is InChI=1S/C27H25F3N4O2/c1-18-7-9-23-21(15-18)25(32-22-16-20(27(28,29)30)8-10-24(22)36-23)33-11-13-34(14-12-33)26(35)31-17-19-5-3-2-4-6-19/h2-10,15-16H,11-14,17H2,1H3,(H,31,35). The summed E-state index contributed by atoms with van der Waals surface area (Å²) < 4.78 is 46.1. The number of aryl methyl sites for hydroxylation is 1. The first-order chi connectivity index (χ1) is 17.3. The molecule has 0 saturated carbocycles. The lowest BCUT2D eigenvalue weighted by molar-refractivity contribution is -0.137. The number of hydrogen-bond acceptors (Lipinski definition) is 4. The number of piperazine rings is 1. The Labute approximate surface area is 207 Å². The van der Waals surface area contributed by atoms with Crippen LogP contribution in [0.1, 0.15) is 22.3 Å². The molecule has 3 aromatic rings. The number of carbonyl (C=O) groups excluding carboxylic acids is 1. The van der Waals surface area contributed by atoms with E-state index in [-0.39, 0.29) is 17.5 Å². The van der Waals surface area contributed by atoms with Crippen molar-refractivity contribution in [3.63, 3.8) is 0 Å². The Morgan fingerprint density at radius 3 is 2.42 bits per heavy atom. The van der Waals surface area contributed by atoms with Crippen LogP contribution in [0, 0.1) is 6.92 Å². The molecule has 0 aliphatic carbocycles. The number of amidine groups is 1. The highest BCUT2D eigenvalue weighted by molar-refractivity contribution is 6.04. The van der Waals surface area contributed by atoms with Crippen LogP contribution >= 0.6 is 0 Å². The average molecular weight is 495 g/mol. The molecule has 3 aromatic carbocycles. The van der Waals surface area contributed by atoms with Crippen molar-refractivity contribution in [2.45, 2.75) is 19.6 Å². The Morgan fingerprint density at radius 2 is 1.69 bits per heavy atom. The molecular weight excluding hydrogens is 469 g/mol. The molecule has 186 valence electrons. The minimum Gasteiger partial charge on any atom is -0.454 e. The van der Waals surface area contributed by atoms with E-state index in [4.69, 9.17) is 4.74 Å². The van der Waals surface area contributed by atoms with Crippen molar-refractivity contribution in [1.82, 2.24) is 15.1 Å². The molecule has 1 fully saturated rings. The first-order valence-electron chi connectivity index (χ1n) is 11.7. The smallest absolute Gasteiger partial charge is 0.416 e. The van der Waals surface area contributed by atoms with Gasteiger partial charge in [0.25, 0.3) is 0 Å². The number of ether oxygens (including phenoxy) is 1. The number of nitrogens with zero attached hydrogens (tertiary/aromatic N) is 3. The quantitative estimate of drug-likeness (QED) is 0.496. The summed E-state index contributed by atoms with van der Waals surface area (Å²) in [5, 5.41) is 2.94. The van der Waals surface area contributed by atoms with E-state index in [1.54, 1.807) is 11.0 Å². The van der Waals surface area contributed by atoms with Gasteiger partial charge < -0.3 is 19.9 Å². The fraction of sp³-hybridized carbons (Fsp3) is 0.259. The van der Waals surface area contributed by atoms with Crippen LogP contribution in [0.3, 0.4) is 0 Å². The second-order valence-electron chi connectivity index (χ2n) is 8.84. The number of carbonyl (C=O) groups is 1. The third-order valence-electron chi connectivity index (χ3n) is 6.26. The van der Waals surface area contributed by atoms with E-state index in [0.29, 0.717) is 49.9 Å². The third-order valence-corrected chi connectivity index (χ3v) is 6.26. The molecule has 0 bridgehead atoms. The molecule has 2 aliphatic heterocycles. The highest BCUT2D eigenvalue weighted by Gasteiger charge is 2.33. The van der Waals surface area contributed by atoms with Crippen molar-refractivity contribution in [3.05, 3.63) is 89.0 Å². The summed E-state index contributed by atoms with van der Waals surface area (Å²) in [7, 11) is 0. The maximum Gasteiger partial charge on any atom is 0.416 e. The van der Waals surface area contributed by atoms with Gasteiger partial charge in [0, 0.05) is 32.7 Å². The predicted octanol–water partition coefficient (Wildman–Crippen LogP) is 5.73. The summed E-state index contributed by atoms with van der Waals surface area (Å²) in [6.07, 6.45) is -4.49. The molecule has 0 radical (unpaired) electrons. The minimum atomic E-state index is -4.49. The summed E-state index contributed by atoms with van der Waals surface area (Å²) in [6, 6.07) is 18.5. The molecule has 0 unspecified atom stereocenters. The highest BCUT2D eigenvalue weighted by Crippen LogP contribution is 2.42. The van der Waals surface area contributed by atoms with Crippen LogP contribution in [0.5, 0.6) is 11.5 Å². The second-order valence-corrected chi connectivity index (χ2v) is 8.84. The monoisotopic (exact) mass is 494 g/mol. The normalized spacial score (nSPS) is 15.3. The van der Waals surface area contributed by atoms with E-state index >= 15 is 0 Å². The topological polar surface area (TPSA) is 57.2 Å². The number of aliphatic imine (C=N–C) groups is 1. The average Bonchev–Trinajstić information content (AvgIpc) is 3.03. The van der Waals surface area contributed by atoms with Crippen LogP contribution in [-0.4, -0.2) is 47.8 Å². The summed E-state index contributed by atoms with van der Waals surface area (Å²) in [6.45, 7) is 4.26. The van der Waals surface area contributed by atoms with Gasteiger partial charge in [0.15, 0.2) is 5.75 Å². The van der Waals surface area contributed by atoms with Crippen molar-refractivity contribution in [3.8, 4) is 11.5 Å². The molecule has 0 aromatic heterocycles. The SMILES string of the molecule is Cc1ccc2c(c1)C(N1CCN(C(=O)NCc3ccccc3)CC1)=Nc1cc(C(F)(F)F)ccc1O2. The summed E-state index contributed by atoms with van der Waals surface area (Å²) in [4.78, 5) is 21.1. The molecule has 1 saturated heterocycles. The first-order valence-corrected chi connectivity index (χ1v) is 11.7. The number of hydrogen-bond donors (Lipinski definition) is 1. The maximum absolute atomic E-state index is 13.4. The molecule has 1 N–H and O–H groups in total. The van der Waals surface area contributed by atoms with Gasteiger partial charge in [0.05, 0.1) is 11.1 Å². The van der Waals surface area contributed by atoms with Crippen molar-refractivity contribution in [2.24, 2.45) is 4.99 Å². The van der Waals surface area contributed by atoms with Crippen LogP contribution in [0.25, 0.3) is 0 Å². The summed E-state index contributed by atoms with van der Waals surface area (Å²) in [5.74, 6) is 1.33. The van der Waals surface area contributed by atoms with Gasteiger partial charge in [0.1, 0.15) is 17.3 Å². The Bertz CT molecular complexity index is 1300. The Hall–Kier alpha value is -4.01. The van der Waals surface area contributed by atoms with Gasteiger partial charge in [-0.1, -0.05) is 42.0 Å². The van der Waals surface area contributed by atoms with Crippen molar-refractivity contribution in [2.75, 3.05) is 26.2 Å². The van der Waals surface area contributed by atoms with Gasteiger partial charge in [-0.3, -0.25) is 0 Å². The first kappa shape index (κ1) is 23.7. The molecule has 6 nitrogen and oxygen atoms in total. The number of alkyl halides is 3. The summed E-state index contributed by atoms with van der Waals surface area (Å²) in [5.41, 5.74) is 2.04. The van der Waals surface area contributed by atoms with Crippen LogP contribution in [-0.2, 0) is 12.7 Å². The molecule has 0 spiro atoms. The number of benzene rings is 3. The lowest BCUT2D eigenvalue weighted by Gasteiger charge is -2.36. The number of amides is 2. The zero-order chi connectivity index (χ0) is 25.3. The van der Waals surface area contributed by atoms with Crippen molar-refractivity contribution in [1.29, 1.82) is 0 Å². The number of fused-ring (bicyclic) bond motifs is 2. The van der Waals surface area contributed by atoms with E-state index in [0.717, 1.165) is 23.3 Å². The van der Waals surface area contributed by atoms with E-state index in [1.165, 1.54) is 6.07 Å². The molecule has 36 heavy (non-hydrogen) atoms. The molecule has 9 heteroatoms. The van der Waals surface area contributed by atoms with Crippen LogP contribution < -0.4 is 10.1 Å². The van der Waals surface area contributed by atoms with Crippen LogP contribution in [0.15, 0.2) is 71.7 Å². The highest BCUT2D eigenvalue weighted by atomic mass is 19.4. The van der Waals surface area contributed by atoms with Gasteiger partial charge in [-0.15, -0.1) is 0 Å². The summed E-state index contributed by atoms with van der Waals surface area (Å²) >= 11 is 0. The number of halogens is 3. The lowest BCUT2D eigenvalue weighted by atomic mass is 10.1. The van der Waals surface area contributed by atoms with Crippen molar-refractivity contribution >= 4 is 17.6 Å². The zero-order valence-electron chi connectivity index (χ0n) is 19.7. The molecule has 2 aliphatic rings. The van der Waals surface area contributed by atoms with E-state index in [2.05, 4.69) is 10.3 Å². The van der Waals surface area contributed by atoms with Gasteiger partial charge in [-0.05, 0) is 42.8 Å². The molecular formula is C27H25F3N4O2. The number of urea groups is 1. The molecule has 0 atom stereocenters. The van der Waals surface area contributed by atoms with E-state index < -0.39 is 11.7 Å². The minimum absolute atomic E-state index is 0.122. The van der Waals surface area contributed by atoms with Crippen LogP contribution in [0.2, 0.25) is 0 Å². The van der Waals surface area contributed by atoms with Gasteiger partial charge in [-0.25, -0.2) is 9.79 Å². The van der Waals surface area contributed by atoms with Crippen molar-refractivity contribution < 1.29 is 22.7 Å². The van der Waals surface area contributed by atoms with Gasteiger partial charge in [0.2, 0.25) is 0 Å². The zero-order valence-corrected chi connectivity index (χ0v) is 19.7. The fourth-order valence-electron chi connectivity index (χ4n) is 4.32. The number of nitrogens with one attached hydrogen (secondary N) is 1. The fourth-order valence-corrected chi connectivity index (χ4v) is 4.32. The Balaban J connectivity index is 1.37. The number of rotatable bonds is 2. The lowest BCUT2D eigenvalue weighted by Crippen LogP contribution is -2.53. The van der Waals surface area contributed by atoms with Gasteiger partial charge >= 0.3 is 12.2 Å². The molecule has 2 heterocycles. The second kappa shape index (κ2) is 9.56. The maximum atomic E-state index is 13.4. The van der Waals surface area contributed by atoms with E-state index in [9.17, 15) is 18.0 Å². The largest absolute Gasteiger partial charge is 0.454 e. The Kier molecular flexibility index (Phi) is 6.30. The molecule has 5 rings (SSSR count). The van der Waals surface area contributed by atoms with E-state index in [1.807, 2.05) is 54.3 Å².